The number of furan rings is 1. The van der Waals surface area contributed by atoms with Gasteiger partial charge in [-0.05, 0) is 133 Å². The van der Waals surface area contributed by atoms with Crippen LogP contribution in [0.25, 0.3) is 131 Å². The van der Waals surface area contributed by atoms with Crippen LogP contribution in [0, 0.1) is 0 Å². The fraction of sp³-hybridized carbons (Fsp3) is 0. The summed E-state index contributed by atoms with van der Waals surface area (Å²) in [5.74, 6) is 0. The molecule has 63 heavy (non-hydrogen) atoms. The van der Waals surface area contributed by atoms with Crippen molar-refractivity contribution in [3.05, 3.63) is 218 Å². The predicted molar refractivity (Wildman–Crippen MR) is 266 cm³/mol. The first kappa shape index (κ1) is 34.3. The van der Waals surface area contributed by atoms with Crippen molar-refractivity contribution in [2.75, 3.05) is 0 Å². The lowest BCUT2D eigenvalue weighted by atomic mass is 9.92. The van der Waals surface area contributed by atoms with E-state index < -0.39 is 0 Å². The van der Waals surface area contributed by atoms with E-state index in [1.54, 1.807) is 0 Å². The Kier molecular flexibility index (Phi) is 7.11. The quantitative estimate of drug-likeness (QED) is 0.163. The third-order valence-corrected chi connectivity index (χ3v) is 13.5. The predicted octanol–water partition coefficient (Wildman–Crippen LogP) is 16.6. The molecule has 14 rings (SSSR count). The molecule has 3 aromatic heterocycles. The molecule has 11 aromatic carbocycles. The minimum atomic E-state index is 0.903. The number of benzene rings is 11. The Labute approximate surface area is 361 Å². The highest BCUT2D eigenvalue weighted by atomic mass is 16.3. The summed E-state index contributed by atoms with van der Waals surface area (Å²) in [6.07, 6.45) is 0. The topological polar surface area (TPSA) is 23.0 Å². The van der Waals surface area contributed by atoms with Gasteiger partial charge in [0.15, 0.2) is 0 Å². The Bertz CT molecular complexity index is 4180. The summed E-state index contributed by atoms with van der Waals surface area (Å²) in [6, 6.07) is 79.9. The molecule has 0 amide bonds. The smallest absolute Gasteiger partial charge is 0.135 e. The lowest BCUT2D eigenvalue weighted by Gasteiger charge is -2.13. The molecule has 292 valence electrons. The van der Waals surface area contributed by atoms with Crippen LogP contribution in [0.15, 0.2) is 223 Å². The van der Waals surface area contributed by atoms with Gasteiger partial charge in [-0.1, -0.05) is 140 Å². The van der Waals surface area contributed by atoms with Crippen LogP contribution < -0.4 is 0 Å². The van der Waals surface area contributed by atoms with E-state index in [-0.39, 0.29) is 0 Å². The maximum Gasteiger partial charge on any atom is 0.135 e. The van der Waals surface area contributed by atoms with Gasteiger partial charge in [0.05, 0.1) is 22.1 Å². The van der Waals surface area contributed by atoms with E-state index in [2.05, 4.69) is 215 Å². The van der Waals surface area contributed by atoms with Crippen molar-refractivity contribution < 1.29 is 4.42 Å². The Morgan fingerprint density at radius 1 is 0.222 bits per heavy atom. The van der Waals surface area contributed by atoms with E-state index in [0.29, 0.717) is 0 Å². The molecule has 0 atom stereocenters. The molecule has 0 saturated heterocycles. The first-order chi connectivity index (χ1) is 31.2. The van der Waals surface area contributed by atoms with Gasteiger partial charge in [0.2, 0.25) is 0 Å². The van der Waals surface area contributed by atoms with Crippen molar-refractivity contribution in [3.8, 4) is 33.6 Å². The van der Waals surface area contributed by atoms with Crippen molar-refractivity contribution in [3.63, 3.8) is 0 Å². The number of aromatic nitrogens is 2. The molecule has 0 N–H and O–H groups in total. The lowest BCUT2D eigenvalue weighted by Crippen LogP contribution is -1.94. The summed E-state index contributed by atoms with van der Waals surface area (Å²) in [5.41, 5.74) is 13.6. The van der Waals surface area contributed by atoms with Crippen LogP contribution in [0.4, 0.5) is 0 Å². The number of para-hydroxylation sites is 3. The van der Waals surface area contributed by atoms with Crippen molar-refractivity contribution >= 4 is 97.9 Å². The lowest BCUT2D eigenvalue weighted by molar-refractivity contribution is 0.669. The van der Waals surface area contributed by atoms with Crippen molar-refractivity contribution in [1.29, 1.82) is 0 Å². The molecule has 3 nitrogen and oxygen atoms in total. The van der Waals surface area contributed by atoms with E-state index in [4.69, 9.17) is 4.42 Å². The van der Waals surface area contributed by atoms with Gasteiger partial charge in [-0.3, -0.25) is 0 Å². The zero-order valence-corrected chi connectivity index (χ0v) is 34.1. The molecular weight excluding hydrogens is 765 g/mol. The molecule has 0 fully saturated rings. The van der Waals surface area contributed by atoms with Crippen LogP contribution in [0.3, 0.4) is 0 Å². The highest BCUT2D eigenvalue weighted by molar-refractivity contribution is 6.26. The molecule has 0 aliphatic carbocycles. The first-order valence-corrected chi connectivity index (χ1v) is 21.7. The summed E-state index contributed by atoms with van der Waals surface area (Å²) in [6.45, 7) is 0. The van der Waals surface area contributed by atoms with Gasteiger partial charge in [0.25, 0.3) is 0 Å². The van der Waals surface area contributed by atoms with E-state index >= 15 is 0 Å². The van der Waals surface area contributed by atoms with Crippen LogP contribution in [-0.2, 0) is 0 Å². The monoisotopic (exact) mass is 800 g/mol. The van der Waals surface area contributed by atoms with Crippen LogP contribution >= 0.6 is 0 Å². The van der Waals surface area contributed by atoms with Gasteiger partial charge in [0.1, 0.15) is 11.2 Å². The summed E-state index contributed by atoms with van der Waals surface area (Å²) in [4.78, 5) is 0. The second-order valence-electron chi connectivity index (χ2n) is 16.8. The number of nitrogens with zero attached hydrogens (tertiary/aromatic N) is 2. The van der Waals surface area contributed by atoms with Crippen LogP contribution in [0.2, 0.25) is 0 Å². The van der Waals surface area contributed by atoms with Gasteiger partial charge >= 0.3 is 0 Å². The summed E-state index contributed by atoms with van der Waals surface area (Å²) in [7, 11) is 0. The average molecular weight is 801 g/mol. The molecule has 0 radical (unpaired) electrons. The highest BCUT2D eigenvalue weighted by Crippen LogP contribution is 2.41. The molecule has 3 heteroatoms. The summed E-state index contributed by atoms with van der Waals surface area (Å²) >= 11 is 0. The molecule has 14 aromatic rings. The van der Waals surface area contributed by atoms with Crippen LogP contribution in [-0.4, -0.2) is 9.13 Å². The zero-order chi connectivity index (χ0) is 41.2. The average Bonchev–Trinajstić information content (AvgIpc) is 4.01. The normalized spacial score (nSPS) is 12.1. The van der Waals surface area contributed by atoms with E-state index in [0.717, 1.165) is 33.3 Å². The fourth-order valence-corrected chi connectivity index (χ4v) is 10.6. The highest BCUT2D eigenvalue weighted by Gasteiger charge is 2.18. The standard InChI is InChI=1S/C60H36N2O/c1-2-16-45-43(14-1)44-15-3-4-17-46(44)51-33-38(24-28-47(45)51)37-12-11-13-41(32-37)61-55-21-8-5-18-48(55)52-34-39(25-29-57(52)61)40-26-30-58-53(35-40)49-19-6-9-22-56(49)62(58)42-27-31-60-54(36-42)50-20-7-10-23-59(50)63-60/h1-36H. The Balaban J connectivity index is 0.895. The van der Waals surface area contributed by atoms with E-state index in [1.807, 2.05) is 12.1 Å². The van der Waals surface area contributed by atoms with Crippen molar-refractivity contribution in [1.82, 2.24) is 9.13 Å². The molecule has 0 spiro atoms. The molecule has 0 saturated carbocycles. The SMILES string of the molecule is c1cc(-c2ccc3c4ccccc4c4ccccc4c3c2)cc(-n2c3ccccc3c3cc(-c4ccc5c(c4)c4ccccc4n5-c4ccc5oc6ccccc6c5c4)ccc32)c1. The minimum Gasteiger partial charge on any atom is -0.456 e. The van der Waals surface area contributed by atoms with Crippen LogP contribution in [0.5, 0.6) is 0 Å². The van der Waals surface area contributed by atoms with Gasteiger partial charge in [-0.2, -0.15) is 0 Å². The maximum atomic E-state index is 6.20. The van der Waals surface area contributed by atoms with Gasteiger partial charge in [-0.15, -0.1) is 0 Å². The summed E-state index contributed by atoms with van der Waals surface area (Å²) < 4.78 is 11.0. The molecule has 0 unspecified atom stereocenters. The molecule has 0 bridgehead atoms. The van der Waals surface area contributed by atoms with Gasteiger partial charge in [-0.25, -0.2) is 0 Å². The number of hydrogen-bond donors (Lipinski definition) is 0. The third-order valence-electron chi connectivity index (χ3n) is 13.5. The molecule has 0 aliphatic rings. The fourth-order valence-electron chi connectivity index (χ4n) is 10.6. The Morgan fingerprint density at radius 3 is 1.27 bits per heavy atom. The molecule has 0 aliphatic heterocycles. The van der Waals surface area contributed by atoms with Gasteiger partial charge in [0, 0.05) is 43.7 Å². The Morgan fingerprint density at radius 2 is 0.651 bits per heavy atom. The maximum absolute atomic E-state index is 6.20. The molecule has 3 heterocycles. The second kappa shape index (κ2) is 13.1. The van der Waals surface area contributed by atoms with Crippen LogP contribution in [0.1, 0.15) is 0 Å². The largest absolute Gasteiger partial charge is 0.456 e. The Hall–Kier alpha value is -8.40. The number of fused-ring (bicyclic) bond motifs is 15. The first-order valence-electron chi connectivity index (χ1n) is 21.7. The van der Waals surface area contributed by atoms with E-state index in [1.165, 1.54) is 98.2 Å². The second-order valence-corrected chi connectivity index (χ2v) is 16.8. The molecular formula is C60H36N2O. The third kappa shape index (κ3) is 5.02. The van der Waals surface area contributed by atoms with E-state index in [9.17, 15) is 0 Å². The van der Waals surface area contributed by atoms with Crippen molar-refractivity contribution in [2.24, 2.45) is 0 Å². The minimum absolute atomic E-state index is 0.903. The van der Waals surface area contributed by atoms with Crippen molar-refractivity contribution in [2.45, 2.75) is 0 Å². The number of hydrogen-bond acceptors (Lipinski definition) is 1. The van der Waals surface area contributed by atoms with Gasteiger partial charge < -0.3 is 13.6 Å². The number of rotatable bonds is 4. The summed E-state index contributed by atoms with van der Waals surface area (Å²) in [5, 5.41) is 14.9. The zero-order valence-electron chi connectivity index (χ0n) is 34.1.